The van der Waals surface area contributed by atoms with E-state index in [1.54, 1.807) is 5.57 Å². The Hall–Kier alpha value is -1.74. The molecule has 4 rings (SSSR count). The zero-order valence-corrected chi connectivity index (χ0v) is 11.9. The molecule has 0 saturated heterocycles. The third-order valence-corrected chi connectivity index (χ3v) is 5.78. The summed E-state index contributed by atoms with van der Waals surface area (Å²) >= 11 is 0. The smallest absolute Gasteiger partial charge is 0.00699 e. The summed E-state index contributed by atoms with van der Waals surface area (Å²) in [5.41, 5.74) is 6.12. The Labute approximate surface area is 121 Å². The third-order valence-electron chi connectivity index (χ3n) is 5.78. The first kappa shape index (κ1) is 12.0. The minimum atomic E-state index is 0.218. The van der Waals surface area contributed by atoms with E-state index in [1.165, 1.54) is 29.5 Å². The van der Waals surface area contributed by atoms with Gasteiger partial charge in [0.05, 0.1) is 0 Å². The molecule has 1 aromatic rings. The molecule has 1 fully saturated rings. The van der Waals surface area contributed by atoms with Crippen molar-refractivity contribution in [3.63, 3.8) is 0 Å². The van der Waals surface area contributed by atoms with E-state index in [9.17, 15) is 0 Å². The highest BCUT2D eigenvalue weighted by atomic mass is 14.5. The molecule has 3 atom stereocenters. The number of allylic oxidation sites excluding steroid dienone is 4. The van der Waals surface area contributed by atoms with Gasteiger partial charge in [-0.25, -0.2) is 0 Å². The third kappa shape index (κ3) is 1.44. The van der Waals surface area contributed by atoms with Gasteiger partial charge in [0.25, 0.3) is 0 Å². The summed E-state index contributed by atoms with van der Waals surface area (Å²) < 4.78 is 0. The highest BCUT2D eigenvalue weighted by molar-refractivity contribution is 5.48. The zero-order chi connectivity index (χ0) is 13.7. The lowest BCUT2D eigenvalue weighted by Crippen LogP contribution is -2.35. The molecule has 1 saturated carbocycles. The fourth-order valence-corrected chi connectivity index (χ4v) is 4.65. The maximum Gasteiger partial charge on any atom is 0.00699 e. The summed E-state index contributed by atoms with van der Waals surface area (Å²) in [7, 11) is 0. The Morgan fingerprint density at radius 2 is 2.30 bits per heavy atom. The molecule has 20 heavy (non-hydrogen) atoms. The van der Waals surface area contributed by atoms with Crippen molar-refractivity contribution < 1.29 is 0 Å². The van der Waals surface area contributed by atoms with Gasteiger partial charge < -0.3 is 0 Å². The first-order chi connectivity index (χ1) is 9.74. The van der Waals surface area contributed by atoms with Gasteiger partial charge in [0.2, 0.25) is 0 Å². The van der Waals surface area contributed by atoms with Crippen molar-refractivity contribution in [2.45, 2.75) is 38.5 Å². The van der Waals surface area contributed by atoms with Gasteiger partial charge in [-0.1, -0.05) is 48.8 Å². The predicted molar refractivity (Wildman–Crippen MR) is 82.2 cm³/mol. The van der Waals surface area contributed by atoms with Crippen molar-refractivity contribution in [1.29, 1.82) is 0 Å². The van der Waals surface area contributed by atoms with Crippen molar-refractivity contribution >= 4 is 0 Å². The molecule has 0 spiro atoms. The molecule has 1 radical (unpaired) electrons. The topological polar surface area (TPSA) is 0 Å². The second-order valence-corrected chi connectivity index (χ2v) is 6.59. The van der Waals surface area contributed by atoms with Crippen LogP contribution in [0.15, 0.2) is 41.5 Å². The van der Waals surface area contributed by atoms with E-state index in [1.807, 2.05) is 0 Å². The van der Waals surface area contributed by atoms with Crippen LogP contribution in [0.3, 0.4) is 0 Å². The highest BCUT2D eigenvalue weighted by Gasteiger charge is 2.48. The molecule has 0 aromatic heterocycles. The van der Waals surface area contributed by atoms with E-state index in [-0.39, 0.29) is 5.41 Å². The predicted octanol–water partition coefficient (Wildman–Crippen LogP) is 4.43. The van der Waals surface area contributed by atoms with Crippen LogP contribution in [-0.2, 0) is 6.42 Å². The standard InChI is InChI=1S/C20H19/c1-3-15-9-11-19-18-10-8-14-6-4-5-7-16(14)17(18)12-13-20(15,19)2/h1,5-7,9-10,17,19H,8,11-13H2,2H3/t17-,19+,20-/m1/s1. The Morgan fingerprint density at radius 3 is 3.15 bits per heavy atom. The molecule has 0 heteroatoms. The van der Waals surface area contributed by atoms with Crippen LogP contribution in [0.1, 0.15) is 43.2 Å². The van der Waals surface area contributed by atoms with Crippen LogP contribution >= 0.6 is 0 Å². The van der Waals surface area contributed by atoms with Gasteiger partial charge in [-0.05, 0) is 48.8 Å². The maximum atomic E-state index is 5.73. The molecule has 0 unspecified atom stereocenters. The number of hydrogen-bond acceptors (Lipinski definition) is 0. The van der Waals surface area contributed by atoms with Gasteiger partial charge in [-0.15, -0.1) is 6.42 Å². The van der Waals surface area contributed by atoms with E-state index >= 15 is 0 Å². The van der Waals surface area contributed by atoms with Crippen LogP contribution in [0.25, 0.3) is 0 Å². The minimum Gasteiger partial charge on any atom is -0.115 e. The Morgan fingerprint density at radius 1 is 1.40 bits per heavy atom. The molecule has 0 nitrogen and oxygen atoms in total. The van der Waals surface area contributed by atoms with Crippen molar-refractivity contribution in [2.75, 3.05) is 0 Å². The van der Waals surface area contributed by atoms with E-state index < -0.39 is 0 Å². The van der Waals surface area contributed by atoms with Gasteiger partial charge in [0.1, 0.15) is 0 Å². The summed E-state index contributed by atoms with van der Waals surface area (Å²) in [5, 5.41) is 0. The van der Waals surface area contributed by atoms with E-state index in [0.717, 1.165) is 12.8 Å². The van der Waals surface area contributed by atoms with Crippen LogP contribution in [-0.4, -0.2) is 0 Å². The first-order valence-corrected chi connectivity index (χ1v) is 7.60. The summed E-state index contributed by atoms with van der Waals surface area (Å²) in [6.45, 7) is 2.38. The molecule has 0 heterocycles. The van der Waals surface area contributed by atoms with Gasteiger partial charge >= 0.3 is 0 Å². The molecule has 0 aliphatic heterocycles. The molecule has 3 aliphatic rings. The summed E-state index contributed by atoms with van der Waals surface area (Å²) in [6, 6.07) is 9.73. The van der Waals surface area contributed by atoms with Crippen LogP contribution in [0.5, 0.6) is 0 Å². The Kier molecular flexibility index (Phi) is 2.48. The molecular formula is C20H19. The number of hydrogen-bond donors (Lipinski definition) is 0. The van der Waals surface area contributed by atoms with E-state index in [0.29, 0.717) is 11.8 Å². The summed E-state index contributed by atoms with van der Waals surface area (Å²) in [4.78, 5) is 0. The Balaban J connectivity index is 1.77. The van der Waals surface area contributed by atoms with Crippen molar-refractivity contribution in [3.8, 4) is 12.3 Å². The number of rotatable bonds is 0. The molecule has 1 aromatic carbocycles. The maximum absolute atomic E-state index is 5.73. The zero-order valence-electron chi connectivity index (χ0n) is 11.9. The molecule has 99 valence electrons. The highest BCUT2D eigenvalue weighted by Crippen LogP contribution is 2.59. The lowest BCUT2D eigenvalue weighted by atomic mass is 9.58. The monoisotopic (exact) mass is 259 g/mol. The lowest BCUT2D eigenvalue weighted by Gasteiger charge is -2.45. The SMILES string of the molecule is C#CC1=CC[C@H]2C3=CCc4c[c]ccc4[C@H]3CC[C@]12C. The van der Waals surface area contributed by atoms with Crippen molar-refractivity contribution in [1.82, 2.24) is 0 Å². The number of terminal acetylenes is 1. The molecule has 0 bridgehead atoms. The quantitative estimate of drug-likeness (QED) is 0.477. The van der Waals surface area contributed by atoms with Gasteiger partial charge in [-0.2, -0.15) is 0 Å². The van der Waals surface area contributed by atoms with Gasteiger partial charge in [0, 0.05) is 16.9 Å². The van der Waals surface area contributed by atoms with Crippen LogP contribution in [0.4, 0.5) is 0 Å². The first-order valence-electron chi connectivity index (χ1n) is 7.60. The molecule has 3 aliphatic carbocycles. The normalized spacial score (nSPS) is 34.2. The van der Waals surface area contributed by atoms with Crippen molar-refractivity contribution in [2.24, 2.45) is 11.3 Å². The summed E-state index contributed by atoms with van der Waals surface area (Å²) in [6.07, 6.45) is 15.2. The second-order valence-electron chi connectivity index (χ2n) is 6.59. The van der Waals surface area contributed by atoms with E-state index in [4.69, 9.17) is 6.42 Å². The van der Waals surface area contributed by atoms with Crippen LogP contribution in [0.2, 0.25) is 0 Å². The van der Waals surface area contributed by atoms with E-state index in [2.05, 4.69) is 49.3 Å². The van der Waals surface area contributed by atoms with Crippen molar-refractivity contribution in [3.05, 3.63) is 58.7 Å². The average Bonchev–Trinajstić information content (AvgIpc) is 2.83. The Bertz CT molecular complexity index is 668. The average molecular weight is 259 g/mol. The summed E-state index contributed by atoms with van der Waals surface area (Å²) in [5.74, 6) is 4.20. The molecule has 0 N–H and O–H groups in total. The number of benzene rings is 1. The largest absolute Gasteiger partial charge is 0.115 e. The molecular weight excluding hydrogens is 240 g/mol. The van der Waals surface area contributed by atoms with Crippen LogP contribution < -0.4 is 0 Å². The minimum absolute atomic E-state index is 0.218. The number of fused-ring (bicyclic) bond motifs is 5. The van der Waals surface area contributed by atoms with Gasteiger partial charge in [-0.3, -0.25) is 0 Å². The fraction of sp³-hybridized carbons (Fsp3) is 0.400. The fourth-order valence-electron chi connectivity index (χ4n) is 4.65. The van der Waals surface area contributed by atoms with Gasteiger partial charge in [0.15, 0.2) is 0 Å². The van der Waals surface area contributed by atoms with Crippen LogP contribution in [0, 0.1) is 29.7 Å². The molecule has 0 amide bonds. The second kappa shape index (κ2) is 4.13. The lowest BCUT2D eigenvalue weighted by molar-refractivity contribution is 0.224.